The van der Waals surface area contributed by atoms with Gasteiger partial charge < -0.3 is 10.2 Å². The Morgan fingerprint density at radius 1 is 0.912 bits per heavy atom. The van der Waals surface area contributed by atoms with Gasteiger partial charge in [0.15, 0.2) is 0 Å². The molecule has 0 aliphatic carbocycles. The molecule has 0 radical (unpaired) electrons. The van der Waals surface area contributed by atoms with Gasteiger partial charge in [-0.1, -0.05) is 72.3 Å². The molecular formula is C28H30ClFN2O2. The van der Waals surface area contributed by atoms with E-state index >= 15 is 0 Å². The zero-order chi connectivity index (χ0) is 24.7. The predicted octanol–water partition coefficient (Wildman–Crippen LogP) is 5.58. The first-order valence-electron chi connectivity index (χ1n) is 11.3. The highest BCUT2D eigenvalue weighted by Gasteiger charge is 2.32. The molecule has 4 nitrogen and oxygen atoms in total. The summed E-state index contributed by atoms with van der Waals surface area (Å²) in [6, 6.07) is 22.0. The Morgan fingerprint density at radius 2 is 1.53 bits per heavy atom. The molecule has 0 heterocycles. The van der Waals surface area contributed by atoms with Gasteiger partial charge in [-0.3, -0.25) is 9.59 Å². The second kappa shape index (κ2) is 11.3. The molecule has 0 aliphatic rings. The fourth-order valence-corrected chi connectivity index (χ4v) is 3.90. The molecule has 0 spiro atoms. The Morgan fingerprint density at radius 3 is 2.15 bits per heavy atom. The number of nitrogens with zero attached hydrogens (tertiary/aromatic N) is 1. The van der Waals surface area contributed by atoms with Gasteiger partial charge in [-0.05, 0) is 55.7 Å². The van der Waals surface area contributed by atoms with Crippen molar-refractivity contribution >= 4 is 23.4 Å². The predicted molar refractivity (Wildman–Crippen MR) is 134 cm³/mol. The Labute approximate surface area is 205 Å². The van der Waals surface area contributed by atoms with Crippen LogP contribution >= 0.6 is 11.6 Å². The van der Waals surface area contributed by atoms with Crippen LogP contribution in [0.2, 0.25) is 5.02 Å². The minimum atomic E-state index is -0.762. The molecule has 1 unspecified atom stereocenters. The number of carbonyl (C=O) groups is 2. The van der Waals surface area contributed by atoms with Gasteiger partial charge >= 0.3 is 0 Å². The smallest absolute Gasteiger partial charge is 0.243 e. The van der Waals surface area contributed by atoms with Crippen LogP contribution in [0, 0.1) is 5.82 Å². The lowest BCUT2D eigenvalue weighted by Crippen LogP contribution is -2.54. The van der Waals surface area contributed by atoms with E-state index in [-0.39, 0.29) is 30.6 Å². The number of hydrogen-bond donors (Lipinski definition) is 1. The van der Waals surface area contributed by atoms with Crippen molar-refractivity contribution in [1.82, 2.24) is 10.2 Å². The van der Waals surface area contributed by atoms with Crippen molar-refractivity contribution in [3.8, 4) is 0 Å². The summed E-state index contributed by atoms with van der Waals surface area (Å²) in [5, 5.41) is 3.52. The van der Waals surface area contributed by atoms with Crippen LogP contribution < -0.4 is 5.32 Å². The molecule has 178 valence electrons. The zero-order valence-electron chi connectivity index (χ0n) is 19.7. The molecule has 0 aliphatic heterocycles. The van der Waals surface area contributed by atoms with E-state index in [2.05, 4.69) is 5.32 Å². The highest BCUT2D eigenvalue weighted by molar-refractivity contribution is 6.31. The summed E-state index contributed by atoms with van der Waals surface area (Å²) in [4.78, 5) is 28.7. The van der Waals surface area contributed by atoms with Crippen LogP contribution in [0.5, 0.6) is 0 Å². The molecule has 0 saturated heterocycles. The van der Waals surface area contributed by atoms with Crippen molar-refractivity contribution in [2.75, 3.05) is 0 Å². The minimum absolute atomic E-state index is 0.0506. The van der Waals surface area contributed by atoms with E-state index in [1.807, 2.05) is 63.2 Å². The monoisotopic (exact) mass is 480 g/mol. The van der Waals surface area contributed by atoms with Gasteiger partial charge in [-0.2, -0.15) is 0 Å². The van der Waals surface area contributed by atoms with E-state index in [0.717, 1.165) is 11.1 Å². The summed E-state index contributed by atoms with van der Waals surface area (Å²) in [6.45, 7) is 5.87. The first-order chi connectivity index (χ1) is 16.1. The summed E-state index contributed by atoms with van der Waals surface area (Å²) in [7, 11) is 0. The average Bonchev–Trinajstić information content (AvgIpc) is 2.78. The summed E-state index contributed by atoms with van der Waals surface area (Å²) in [6.07, 6.45) is 0.396. The van der Waals surface area contributed by atoms with E-state index in [1.54, 1.807) is 29.2 Å². The molecule has 34 heavy (non-hydrogen) atoms. The van der Waals surface area contributed by atoms with Crippen LogP contribution in [-0.2, 0) is 29.0 Å². The van der Waals surface area contributed by atoms with Crippen molar-refractivity contribution in [3.05, 3.63) is 106 Å². The van der Waals surface area contributed by atoms with Crippen LogP contribution in [0.3, 0.4) is 0 Å². The van der Waals surface area contributed by atoms with Crippen molar-refractivity contribution in [2.24, 2.45) is 0 Å². The maximum atomic E-state index is 13.7. The Balaban J connectivity index is 1.99. The number of nitrogens with one attached hydrogen (secondary N) is 1. The second-order valence-electron chi connectivity index (χ2n) is 9.36. The summed E-state index contributed by atoms with van der Waals surface area (Å²) >= 11 is 6.32. The molecule has 1 atom stereocenters. The maximum Gasteiger partial charge on any atom is 0.243 e. The van der Waals surface area contributed by atoms with Gasteiger partial charge in [0.2, 0.25) is 11.8 Å². The number of benzene rings is 3. The van der Waals surface area contributed by atoms with E-state index < -0.39 is 11.6 Å². The molecule has 0 fully saturated rings. The van der Waals surface area contributed by atoms with Gasteiger partial charge in [0.05, 0.1) is 6.42 Å². The van der Waals surface area contributed by atoms with E-state index in [4.69, 9.17) is 11.6 Å². The molecule has 0 aromatic heterocycles. The van der Waals surface area contributed by atoms with E-state index in [1.165, 1.54) is 12.1 Å². The fourth-order valence-electron chi connectivity index (χ4n) is 3.70. The largest absolute Gasteiger partial charge is 0.350 e. The molecule has 1 N–H and O–H groups in total. The van der Waals surface area contributed by atoms with E-state index in [9.17, 15) is 14.0 Å². The van der Waals surface area contributed by atoms with Crippen molar-refractivity contribution < 1.29 is 14.0 Å². The fraction of sp³-hybridized carbons (Fsp3) is 0.286. The lowest BCUT2D eigenvalue weighted by Gasteiger charge is -2.34. The molecule has 3 aromatic rings. The average molecular weight is 481 g/mol. The van der Waals surface area contributed by atoms with E-state index in [0.29, 0.717) is 17.0 Å². The second-order valence-corrected chi connectivity index (χ2v) is 9.77. The van der Waals surface area contributed by atoms with Crippen molar-refractivity contribution in [1.29, 1.82) is 0 Å². The topological polar surface area (TPSA) is 49.4 Å². The zero-order valence-corrected chi connectivity index (χ0v) is 20.5. The third kappa shape index (κ3) is 7.42. The molecular weight excluding hydrogens is 451 g/mol. The minimum Gasteiger partial charge on any atom is -0.350 e. The number of carbonyl (C=O) groups excluding carboxylic acids is 2. The molecule has 0 saturated carbocycles. The van der Waals surface area contributed by atoms with Gasteiger partial charge in [0.1, 0.15) is 11.9 Å². The standard InChI is InChI=1S/C28H30ClFN2O2/c1-28(2,3)31-27(34)25(17-20-9-5-4-6-10-20)32(19-21-13-15-23(30)16-14-21)26(33)18-22-11-7-8-12-24(22)29/h4-16,25H,17-19H2,1-3H3,(H,31,34). The third-order valence-corrected chi connectivity index (χ3v) is 5.70. The van der Waals surface area contributed by atoms with Gasteiger partial charge in [0.25, 0.3) is 0 Å². The maximum absolute atomic E-state index is 13.7. The highest BCUT2D eigenvalue weighted by Crippen LogP contribution is 2.21. The van der Waals surface area contributed by atoms with Crippen LogP contribution in [0.25, 0.3) is 0 Å². The Bertz CT molecular complexity index is 1110. The van der Waals surface area contributed by atoms with Crippen LogP contribution in [0.4, 0.5) is 4.39 Å². The SMILES string of the molecule is CC(C)(C)NC(=O)C(Cc1ccccc1)N(Cc1ccc(F)cc1)C(=O)Cc1ccccc1Cl. The molecule has 3 aromatic carbocycles. The molecule has 0 bridgehead atoms. The number of rotatable bonds is 8. The van der Waals surface area contributed by atoms with Gasteiger partial charge in [-0.25, -0.2) is 4.39 Å². The lowest BCUT2D eigenvalue weighted by molar-refractivity contribution is -0.141. The number of amides is 2. The quantitative estimate of drug-likeness (QED) is 0.457. The van der Waals surface area contributed by atoms with Gasteiger partial charge in [0, 0.05) is 23.5 Å². The Kier molecular flexibility index (Phi) is 8.46. The normalized spacial score (nSPS) is 12.1. The number of halogens is 2. The van der Waals surface area contributed by atoms with Crippen LogP contribution in [0.1, 0.15) is 37.5 Å². The van der Waals surface area contributed by atoms with Crippen LogP contribution in [0.15, 0.2) is 78.9 Å². The first kappa shape index (κ1) is 25.4. The highest BCUT2D eigenvalue weighted by atomic mass is 35.5. The summed E-state index contributed by atoms with van der Waals surface area (Å²) in [5.74, 6) is -0.836. The van der Waals surface area contributed by atoms with Crippen molar-refractivity contribution in [3.63, 3.8) is 0 Å². The summed E-state index contributed by atoms with van der Waals surface area (Å²) in [5.41, 5.74) is 1.88. The molecule has 3 rings (SSSR count). The first-order valence-corrected chi connectivity index (χ1v) is 11.6. The molecule has 2 amide bonds. The third-order valence-electron chi connectivity index (χ3n) is 5.33. The number of hydrogen-bond acceptors (Lipinski definition) is 2. The van der Waals surface area contributed by atoms with Gasteiger partial charge in [-0.15, -0.1) is 0 Å². The lowest BCUT2D eigenvalue weighted by atomic mass is 10.00. The van der Waals surface area contributed by atoms with Crippen molar-refractivity contribution in [2.45, 2.75) is 51.7 Å². The molecule has 6 heteroatoms. The summed E-state index contributed by atoms with van der Waals surface area (Å²) < 4.78 is 13.5. The Hall–Kier alpha value is -3.18. The van der Waals surface area contributed by atoms with Crippen LogP contribution in [-0.4, -0.2) is 28.3 Å².